The van der Waals surface area contributed by atoms with Gasteiger partial charge in [-0.15, -0.1) is 11.8 Å². The molecule has 0 unspecified atom stereocenters. The zero-order valence-electron chi connectivity index (χ0n) is 12.6. The van der Waals surface area contributed by atoms with Crippen molar-refractivity contribution in [1.82, 2.24) is 9.36 Å². The van der Waals surface area contributed by atoms with Crippen LogP contribution in [0.3, 0.4) is 0 Å². The van der Waals surface area contributed by atoms with Crippen LogP contribution in [0.1, 0.15) is 6.92 Å². The molecule has 0 fully saturated rings. The van der Waals surface area contributed by atoms with Gasteiger partial charge in [0.2, 0.25) is 0 Å². The van der Waals surface area contributed by atoms with E-state index in [-0.39, 0.29) is 12.2 Å². The van der Waals surface area contributed by atoms with Crippen LogP contribution in [0.25, 0.3) is 10.9 Å². The Morgan fingerprint density at radius 3 is 2.52 bits per heavy atom. The van der Waals surface area contributed by atoms with Gasteiger partial charge in [0.1, 0.15) is 0 Å². The quantitative estimate of drug-likeness (QED) is 0.687. The lowest BCUT2D eigenvalue weighted by atomic mass is 10.2. The molecule has 0 saturated carbocycles. The fraction of sp³-hybridized carbons (Fsp3) is 0.176. The highest BCUT2D eigenvalue weighted by Crippen LogP contribution is 2.20. The van der Waals surface area contributed by atoms with Crippen molar-refractivity contribution in [3.63, 3.8) is 0 Å². The van der Waals surface area contributed by atoms with Crippen molar-refractivity contribution in [2.75, 3.05) is 6.61 Å². The summed E-state index contributed by atoms with van der Waals surface area (Å²) in [7, 11) is 0. The summed E-state index contributed by atoms with van der Waals surface area (Å²) in [5.41, 5.74) is 0.363. The number of fused-ring (bicyclic) bond motifs is 1. The molecule has 3 aromatic rings. The summed E-state index contributed by atoms with van der Waals surface area (Å²) >= 11 is 1.49. The molecule has 1 heterocycles. The molecule has 5 nitrogen and oxygen atoms in total. The first kappa shape index (κ1) is 15.4. The van der Waals surface area contributed by atoms with Crippen molar-refractivity contribution in [2.45, 2.75) is 17.7 Å². The van der Waals surface area contributed by atoms with Crippen LogP contribution in [0.4, 0.5) is 4.79 Å². The Hall–Kier alpha value is -2.47. The Morgan fingerprint density at radius 2 is 1.78 bits per heavy atom. The molecule has 3 rings (SSSR count). The summed E-state index contributed by atoms with van der Waals surface area (Å²) in [4.78, 5) is 25.9. The molecular weight excluding hydrogens is 312 g/mol. The van der Waals surface area contributed by atoms with E-state index in [1.165, 1.54) is 21.1 Å². The number of ether oxygens (including phenoxy) is 1. The van der Waals surface area contributed by atoms with Crippen LogP contribution >= 0.6 is 11.8 Å². The zero-order chi connectivity index (χ0) is 16.2. The van der Waals surface area contributed by atoms with Crippen LogP contribution in [-0.2, 0) is 10.6 Å². The Morgan fingerprint density at radius 1 is 1.09 bits per heavy atom. The number of aromatic nitrogens is 2. The van der Waals surface area contributed by atoms with Crippen molar-refractivity contribution in [3.05, 3.63) is 65.0 Å². The van der Waals surface area contributed by atoms with Gasteiger partial charge in [-0.05, 0) is 31.2 Å². The lowest BCUT2D eigenvalue weighted by molar-refractivity contribution is 0.148. The number of carbonyl (C=O) groups is 1. The number of rotatable bonds is 4. The van der Waals surface area contributed by atoms with Gasteiger partial charge in [0, 0.05) is 4.90 Å². The van der Waals surface area contributed by atoms with E-state index >= 15 is 0 Å². The van der Waals surface area contributed by atoms with Crippen molar-refractivity contribution in [2.24, 2.45) is 0 Å². The normalized spacial score (nSPS) is 10.8. The highest BCUT2D eigenvalue weighted by molar-refractivity contribution is 7.98. The maximum atomic E-state index is 12.6. The maximum absolute atomic E-state index is 12.6. The van der Waals surface area contributed by atoms with Gasteiger partial charge < -0.3 is 4.74 Å². The highest BCUT2D eigenvalue weighted by Gasteiger charge is 2.18. The Kier molecular flexibility index (Phi) is 4.52. The third-order valence-electron chi connectivity index (χ3n) is 3.38. The van der Waals surface area contributed by atoms with E-state index in [0.29, 0.717) is 16.8 Å². The van der Waals surface area contributed by atoms with Gasteiger partial charge >= 0.3 is 6.09 Å². The third-order valence-corrected chi connectivity index (χ3v) is 4.36. The van der Waals surface area contributed by atoms with E-state index in [1.807, 2.05) is 30.3 Å². The van der Waals surface area contributed by atoms with Crippen LogP contribution in [0.5, 0.6) is 0 Å². The standard InChI is InChI=1S/C17H16N2O3S/c1-2-22-17(21)19-15-11-7-6-10-14(15)16(20)18(19)12-23-13-8-4-3-5-9-13/h3-11H,2,12H2,1H3. The van der Waals surface area contributed by atoms with Gasteiger partial charge in [-0.1, -0.05) is 30.3 Å². The Labute approximate surface area is 137 Å². The van der Waals surface area contributed by atoms with Crippen molar-refractivity contribution in [1.29, 1.82) is 0 Å². The summed E-state index contributed by atoms with van der Waals surface area (Å²) in [6.45, 7) is 2.00. The maximum Gasteiger partial charge on any atom is 0.433 e. The second-order valence-electron chi connectivity index (χ2n) is 4.82. The van der Waals surface area contributed by atoms with E-state index in [4.69, 9.17) is 4.74 Å². The van der Waals surface area contributed by atoms with Gasteiger partial charge in [-0.25, -0.2) is 9.48 Å². The number of hydrogen-bond acceptors (Lipinski definition) is 4. The Balaban J connectivity index is 2.04. The minimum absolute atomic E-state index is 0.197. The predicted octanol–water partition coefficient (Wildman–Crippen LogP) is 3.56. The summed E-state index contributed by atoms with van der Waals surface area (Å²) in [6, 6.07) is 16.8. The summed E-state index contributed by atoms with van der Waals surface area (Å²) in [5.74, 6) is 0.330. The number of thioether (sulfide) groups is 1. The van der Waals surface area contributed by atoms with Crippen LogP contribution in [0, 0.1) is 0 Å². The summed E-state index contributed by atoms with van der Waals surface area (Å²) in [5, 5.41) is 0.509. The van der Waals surface area contributed by atoms with E-state index in [2.05, 4.69) is 0 Å². The summed E-state index contributed by atoms with van der Waals surface area (Å²) in [6.07, 6.45) is -0.542. The van der Waals surface area contributed by atoms with Crippen molar-refractivity contribution >= 4 is 28.8 Å². The van der Waals surface area contributed by atoms with Crippen LogP contribution < -0.4 is 5.56 Å². The van der Waals surface area contributed by atoms with Gasteiger partial charge in [-0.2, -0.15) is 4.68 Å². The number of carbonyl (C=O) groups excluding carboxylic acids is 1. The average molecular weight is 328 g/mol. The molecule has 0 atom stereocenters. The second-order valence-corrected chi connectivity index (χ2v) is 5.84. The smallest absolute Gasteiger partial charge is 0.433 e. The minimum Gasteiger partial charge on any atom is -0.448 e. The number of hydrogen-bond donors (Lipinski definition) is 0. The summed E-state index contributed by atoms with van der Waals surface area (Å²) < 4.78 is 7.83. The van der Waals surface area contributed by atoms with Gasteiger partial charge in [-0.3, -0.25) is 4.79 Å². The van der Waals surface area contributed by atoms with E-state index in [1.54, 1.807) is 31.2 Å². The number of para-hydroxylation sites is 1. The SMILES string of the molecule is CCOC(=O)n1c2ccccc2c(=O)n1CSc1ccccc1. The third kappa shape index (κ3) is 3.03. The molecule has 0 aliphatic carbocycles. The van der Waals surface area contributed by atoms with Gasteiger partial charge in [0.15, 0.2) is 0 Å². The van der Waals surface area contributed by atoms with Crippen molar-refractivity contribution < 1.29 is 9.53 Å². The fourth-order valence-corrected chi connectivity index (χ4v) is 3.20. The molecule has 23 heavy (non-hydrogen) atoms. The van der Waals surface area contributed by atoms with E-state index < -0.39 is 6.09 Å². The van der Waals surface area contributed by atoms with Crippen LogP contribution in [-0.4, -0.2) is 22.1 Å². The van der Waals surface area contributed by atoms with Gasteiger partial charge in [0.25, 0.3) is 5.56 Å². The first-order valence-electron chi connectivity index (χ1n) is 7.28. The molecule has 6 heteroatoms. The van der Waals surface area contributed by atoms with Gasteiger partial charge in [0.05, 0.1) is 23.4 Å². The number of nitrogens with zero attached hydrogens (tertiary/aromatic N) is 2. The largest absolute Gasteiger partial charge is 0.448 e. The van der Waals surface area contributed by atoms with E-state index in [9.17, 15) is 9.59 Å². The lowest BCUT2D eigenvalue weighted by Crippen LogP contribution is -2.27. The molecule has 1 aromatic heterocycles. The topological polar surface area (TPSA) is 53.2 Å². The van der Waals surface area contributed by atoms with Crippen LogP contribution in [0.2, 0.25) is 0 Å². The molecule has 0 amide bonds. The molecule has 0 spiro atoms. The molecule has 118 valence electrons. The molecule has 0 aliphatic rings. The molecule has 0 N–H and O–H groups in total. The fourth-order valence-electron chi connectivity index (χ4n) is 2.35. The second kappa shape index (κ2) is 6.75. The van der Waals surface area contributed by atoms with E-state index in [0.717, 1.165) is 4.90 Å². The molecule has 0 bridgehead atoms. The minimum atomic E-state index is -0.542. The first-order valence-corrected chi connectivity index (χ1v) is 8.26. The number of benzene rings is 2. The molecule has 2 aromatic carbocycles. The molecule has 0 saturated heterocycles. The molecular formula is C17H16N2O3S. The van der Waals surface area contributed by atoms with Crippen molar-refractivity contribution in [3.8, 4) is 0 Å². The Bertz CT molecular complexity index is 884. The lowest BCUT2D eigenvalue weighted by Gasteiger charge is -2.10. The predicted molar refractivity (Wildman–Crippen MR) is 90.9 cm³/mol. The highest BCUT2D eigenvalue weighted by atomic mass is 32.2. The first-order chi connectivity index (χ1) is 11.2. The monoisotopic (exact) mass is 328 g/mol. The van der Waals surface area contributed by atoms with Crippen LogP contribution in [0.15, 0.2) is 64.3 Å². The zero-order valence-corrected chi connectivity index (χ0v) is 13.5. The molecule has 0 aliphatic heterocycles. The molecule has 0 radical (unpaired) electrons. The average Bonchev–Trinajstić information content (AvgIpc) is 2.87.